The number of amides is 1. The third-order valence-corrected chi connectivity index (χ3v) is 5.30. The van der Waals surface area contributed by atoms with Crippen LogP contribution in [0, 0.1) is 5.82 Å². The second-order valence-electron chi connectivity index (χ2n) is 7.48. The summed E-state index contributed by atoms with van der Waals surface area (Å²) in [6.45, 7) is 1.56. The monoisotopic (exact) mass is 407 g/mol. The van der Waals surface area contributed by atoms with Gasteiger partial charge in [0.25, 0.3) is 5.91 Å². The van der Waals surface area contributed by atoms with Crippen molar-refractivity contribution in [3.63, 3.8) is 0 Å². The number of unbranched alkanes of at least 4 members (excludes halogenated alkanes) is 1. The van der Waals surface area contributed by atoms with E-state index in [-0.39, 0.29) is 18.1 Å². The summed E-state index contributed by atoms with van der Waals surface area (Å²) in [5, 5.41) is 8.86. The molecule has 0 bridgehead atoms. The summed E-state index contributed by atoms with van der Waals surface area (Å²) in [4.78, 5) is 34.6. The van der Waals surface area contributed by atoms with Crippen molar-refractivity contribution in [3.8, 4) is 11.3 Å². The predicted octanol–water partition coefficient (Wildman–Crippen LogP) is 4.08. The number of hydrogen-bond donors (Lipinski definition) is 1. The van der Waals surface area contributed by atoms with Crippen molar-refractivity contribution in [1.82, 2.24) is 14.9 Å². The van der Waals surface area contributed by atoms with E-state index in [9.17, 15) is 14.0 Å². The number of likely N-dealkylation sites (tertiary alicyclic amines) is 1. The van der Waals surface area contributed by atoms with Gasteiger partial charge in [-0.1, -0.05) is 0 Å². The summed E-state index contributed by atoms with van der Waals surface area (Å²) in [6, 6.07) is 11.4. The minimum atomic E-state index is -0.826. The molecule has 2 aromatic carbocycles. The van der Waals surface area contributed by atoms with E-state index in [1.165, 1.54) is 12.1 Å². The molecule has 1 amide bonds. The first-order valence-corrected chi connectivity index (χ1v) is 10.1. The maximum absolute atomic E-state index is 13.4. The Morgan fingerprint density at radius 3 is 2.43 bits per heavy atom. The van der Waals surface area contributed by atoms with Gasteiger partial charge in [-0.25, -0.2) is 14.4 Å². The molecule has 1 aliphatic heterocycles. The smallest absolute Gasteiger partial charge is 0.303 e. The lowest BCUT2D eigenvalue weighted by Gasteiger charge is -2.30. The van der Waals surface area contributed by atoms with Gasteiger partial charge in [0.15, 0.2) is 0 Å². The third kappa shape index (κ3) is 4.30. The first kappa shape index (κ1) is 19.9. The van der Waals surface area contributed by atoms with Crippen LogP contribution in [0.3, 0.4) is 0 Å². The number of halogens is 1. The highest BCUT2D eigenvalue weighted by Gasteiger charge is 2.22. The second-order valence-corrected chi connectivity index (χ2v) is 7.48. The molecule has 0 atom stereocenters. The van der Waals surface area contributed by atoms with E-state index >= 15 is 0 Å². The highest BCUT2D eigenvalue weighted by atomic mass is 19.1. The maximum atomic E-state index is 13.4. The molecule has 3 aromatic rings. The van der Waals surface area contributed by atoms with Crippen LogP contribution >= 0.6 is 0 Å². The molecule has 1 aliphatic rings. The van der Waals surface area contributed by atoms with Crippen LogP contribution in [0.15, 0.2) is 42.5 Å². The van der Waals surface area contributed by atoms with Gasteiger partial charge in [0.05, 0.1) is 22.4 Å². The molecule has 1 fully saturated rings. The van der Waals surface area contributed by atoms with Crippen LogP contribution in [0.25, 0.3) is 22.3 Å². The fraction of sp³-hybridized carbons (Fsp3) is 0.304. The van der Waals surface area contributed by atoms with Gasteiger partial charge in [0.1, 0.15) is 5.82 Å². The van der Waals surface area contributed by atoms with Crippen molar-refractivity contribution in [1.29, 1.82) is 0 Å². The zero-order valence-electron chi connectivity index (χ0n) is 16.5. The van der Waals surface area contributed by atoms with Gasteiger partial charge in [-0.05, 0) is 68.1 Å². The summed E-state index contributed by atoms with van der Waals surface area (Å²) in [5.74, 6) is -1.16. The fourth-order valence-electron chi connectivity index (χ4n) is 3.51. The van der Waals surface area contributed by atoms with Gasteiger partial charge in [0.2, 0.25) is 0 Å². The van der Waals surface area contributed by atoms with Gasteiger partial charge >= 0.3 is 5.97 Å². The number of carboxylic acids is 1. The molecule has 0 unspecified atom stereocenters. The van der Waals surface area contributed by atoms with Gasteiger partial charge < -0.3 is 10.0 Å². The van der Waals surface area contributed by atoms with Crippen molar-refractivity contribution in [2.45, 2.75) is 32.1 Å². The molecule has 0 aliphatic carbocycles. The molecule has 2 heterocycles. The predicted molar refractivity (Wildman–Crippen MR) is 111 cm³/mol. The number of fused-ring (bicyclic) bond motifs is 1. The standard InChI is InChI=1S/C23H22FN3O3/c24-17-9-6-15(7-10-17)22-19(4-1-2-5-21(28)29)25-20-14-16(8-11-18(20)26-22)23(30)27-12-3-13-27/h6-11,14H,1-5,12-13H2,(H,28,29). The average molecular weight is 407 g/mol. The van der Waals surface area contributed by atoms with Crippen molar-refractivity contribution < 1.29 is 19.1 Å². The maximum Gasteiger partial charge on any atom is 0.303 e. The van der Waals surface area contributed by atoms with Crippen LogP contribution < -0.4 is 0 Å². The minimum Gasteiger partial charge on any atom is -0.481 e. The molecule has 154 valence electrons. The summed E-state index contributed by atoms with van der Waals surface area (Å²) in [6.07, 6.45) is 2.85. The van der Waals surface area contributed by atoms with Crippen LogP contribution in [0.5, 0.6) is 0 Å². The number of nitrogens with zero attached hydrogens (tertiary/aromatic N) is 3. The van der Waals surface area contributed by atoms with Gasteiger partial charge in [0, 0.05) is 30.6 Å². The molecule has 0 radical (unpaired) electrons. The van der Waals surface area contributed by atoms with E-state index in [1.807, 2.05) is 0 Å². The Bertz CT molecular complexity index is 1090. The Balaban J connectivity index is 1.69. The Labute approximate surface area is 173 Å². The zero-order valence-corrected chi connectivity index (χ0v) is 16.5. The molecule has 6 nitrogen and oxygen atoms in total. The van der Waals surface area contributed by atoms with Crippen molar-refractivity contribution in [2.24, 2.45) is 0 Å². The largest absolute Gasteiger partial charge is 0.481 e. The molecule has 1 saturated heterocycles. The molecule has 30 heavy (non-hydrogen) atoms. The normalized spacial score (nSPS) is 13.3. The van der Waals surface area contributed by atoms with Gasteiger partial charge in [-0.3, -0.25) is 9.59 Å². The summed E-state index contributed by atoms with van der Waals surface area (Å²) < 4.78 is 13.4. The van der Waals surface area contributed by atoms with E-state index in [2.05, 4.69) is 0 Å². The van der Waals surface area contributed by atoms with Crippen molar-refractivity contribution in [2.75, 3.05) is 13.1 Å². The SMILES string of the molecule is O=C(O)CCCCc1nc2cc(C(=O)N3CCC3)ccc2nc1-c1ccc(F)cc1. The van der Waals surface area contributed by atoms with Crippen LogP contribution in [0.1, 0.15) is 41.7 Å². The third-order valence-electron chi connectivity index (χ3n) is 5.30. The lowest BCUT2D eigenvalue weighted by molar-refractivity contribution is -0.137. The van der Waals surface area contributed by atoms with E-state index in [0.717, 1.165) is 25.1 Å². The number of aromatic nitrogens is 2. The highest BCUT2D eigenvalue weighted by molar-refractivity contribution is 5.97. The number of hydrogen-bond acceptors (Lipinski definition) is 4. The zero-order chi connectivity index (χ0) is 21.1. The number of rotatable bonds is 7. The first-order chi connectivity index (χ1) is 14.5. The number of carboxylic acid groups (broad SMARTS) is 1. The summed E-state index contributed by atoms with van der Waals surface area (Å²) >= 11 is 0. The Hall–Kier alpha value is -3.35. The highest BCUT2D eigenvalue weighted by Crippen LogP contribution is 2.26. The molecular formula is C23H22FN3O3. The molecular weight excluding hydrogens is 385 g/mol. The Morgan fingerprint density at radius 2 is 1.77 bits per heavy atom. The first-order valence-electron chi connectivity index (χ1n) is 10.1. The number of aryl methyl sites for hydroxylation is 1. The molecule has 7 heteroatoms. The molecule has 1 N–H and O–H groups in total. The molecule has 4 rings (SSSR count). The van der Waals surface area contributed by atoms with E-state index in [0.29, 0.717) is 47.2 Å². The quantitative estimate of drug-likeness (QED) is 0.597. The number of benzene rings is 2. The summed E-state index contributed by atoms with van der Waals surface area (Å²) in [5.41, 5.74) is 3.99. The van der Waals surface area contributed by atoms with Crippen molar-refractivity contribution in [3.05, 3.63) is 59.5 Å². The molecule has 0 saturated carbocycles. The van der Waals surface area contributed by atoms with Crippen LogP contribution in [-0.4, -0.2) is 44.9 Å². The second kappa shape index (κ2) is 8.57. The number of carbonyl (C=O) groups excluding carboxylic acids is 1. The minimum absolute atomic E-state index is 0.00410. The van der Waals surface area contributed by atoms with Crippen LogP contribution in [0.2, 0.25) is 0 Å². The topological polar surface area (TPSA) is 83.4 Å². The fourth-order valence-corrected chi connectivity index (χ4v) is 3.51. The molecule has 1 aromatic heterocycles. The van der Waals surface area contributed by atoms with Crippen LogP contribution in [-0.2, 0) is 11.2 Å². The van der Waals surface area contributed by atoms with Crippen molar-refractivity contribution >= 4 is 22.9 Å². The van der Waals surface area contributed by atoms with Gasteiger partial charge in [-0.2, -0.15) is 0 Å². The number of carbonyl (C=O) groups is 2. The van der Waals surface area contributed by atoms with Crippen LogP contribution in [0.4, 0.5) is 4.39 Å². The Kier molecular flexibility index (Phi) is 5.70. The Morgan fingerprint density at radius 1 is 1.00 bits per heavy atom. The lowest BCUT2D eigenvalue weighted by Crippen LogP contribution is -2.42. The summed E-state index contributed by atoms with van der Waals surface area (Å²) in [7, 11) is 0. The molecule has 0 spiro atoms. The van der Waals surface area contributed by atoms with Gasteiger partial charge in [-0.15, -0.1) is 0 Å². The lowest BCUT2D eigenvalue weighted by atomic mass is 10.0. The van der Waals surface area contributed by atoms with E-state index in [1.54, 1.807) is 35.2 Å². The van der Waals surface area contributed by atoms with E-state index in [4.69, 9.17) is 15.1 Å². The average Bonchev–Trinajstić information content (AvgIpc) is 2.69. The number of aliphatic carboxylic acids is 1. The van der Waals surface area contributed by atoms with E-state index < -0.39 is 5.97 Å².